The molecule has 132 valence electrons. The van der Waals surface area contributed by atoms with E-state index in [1.54, 1.807) is 24.3 Å². The van der Waals surface area contributed by atoms with Crippen LogP contribution >= 0.6 is 23.2 Å². The van der Waals surface area contributed by atoms with Crippen LogP contribution in [-0.2, 0) is 10.0 Å². The summed E-state index contributed by atoms with van der Waals surface area (Å²) < 4.78 is 26.9. The van der Waals surface area contributed by atoms with E-state index in [2.05, 4.69) is 5.32 Å². The van der Waals surface area contributed by atoms with Gasteiger partial charge in [0.2, 0.25) is 10.0 Å². The van der Waals surface area contributed by atoms with Gasteiger partial charge in [0.15, 0.2) is 0 Å². The van der Waals surface area contributed by atoms with Gasteiger partial charge < -0.3 is 5.32 Å². The average Bonchev–Trinajstić information content (AvgIpc) is 3.12. The van der Waals surface area contributed by atoms with E-state index in [0.717, 1.165) is 12.8 Å². The zero-order valence-corrected chi connectivity index (χ0v) is 15.5. The number of sulfonamides is 1. The minimum absolute atomic E-state index is 0.0529. The zero-order chi connectivity index (χ0) is 18.0. The van der Waals surface area contributed by atoms with Crippen molar-refractivity contribution in [2.24, 2.45) is 0 Å². The predicted octanol–water partition coefficient (Wildman–Crippen LogP) is 4.03. The minimum Gasteiger partial charge on any atom is -0.321 e. The van der Waals surface area contributed by atoms with E-state index >= 15 is 0 Å². The van der Waals surface area contributed by atoms with Crippen LogP contribution in [0.15, 0.2) is 47.4 Å². The van der Waals surface area contributed by atoms with Crippen molar-refractivity contribution < 1.29 is 13.2 Å². The minimum atomic E-state index is -3.71. The van der Waals surface area contributed by atoms with Gasteiger partial charge in [-0.25, -0.2) is 8.42 Å². The molecule has 8 heteroatoms. The first kappa shape index (κ1) is 18.2. The molecule has 0 aromatic heterocycles. The summed E-state index contributed by atoms with van der Waals surface area (Å²) in [6.07, 6.45) is 1.65. The van der Waals surface area contributed by atoms with E-state index < -0.39 is 15.9 Å². The number of carbonyl (C=O) groups is 1. The number of halogens is 2. The van der Waals surface area contributed by atoms with Gasteiger partial charge in [-0.3, -0.25) is 4.79 Å². The second-order valence-corrected chi connectivity index (χ2v) is 8.41. The lowest BCUT2D eigenvalue weighted by Gasteiger charge is -2.17. The zero-order valence-electron chi connectivity index (χ0n) is 13.2. The number of anilines is 1. The number of rotatable bonds is 4. The summed E-state index contributed by atoms with van der Waals surface area (Å²) in [4.78, 5) is 12.4. The van der Waals surface area contributed by atoms with Gasteiger partial charge in [-0.15, -0.1) is 0 Å². The number of nitrogens with one attached hydrogen (secondary N) is 1. The molecule has 0 bridgehead atoms. The SMILES string of the molecule is O=C(Nc1ccccc1Cl)c1ccc(Cl)c(S(=O)(=O)N2CCCC2)c1. The number of para-hydroxylation sites is 1. The Balaban J connectivity index is 1.91. The highest BCUT2D eigenvalue weighted by atomic mass is 35.5. The second-order valence-electron chi connectivity index (χ2n) is 5.69. The molecule has 1 amide bonds. The van der Waals surface area contributed by atoms with E-state index in [0.29, 0.717) is 23.8 Å². The Kier molecular flexibility index (Phi) is 5.34. The van der Waals surface area contributed by atoms with Crippen molar-refractivity contribution in [2.45, 2.75) is 17.7 Å². The van der Waals surface area contributed by atoms with Gasteiger partial charge in [-0.1, -0.05) is 35.3 Å². The Bertz CT molecular complexity index is 910. The third-order valence-electron chi connectivity index (χ3n) is 4.00. The lowest BCUT2D eigenvalue weighted by atomic mass is 10.2. The number of hydrogen-bond acceptors (Lipinski definition) is 3. The van der Waals surface area contributed by atoms with Gasteiger partial charge in [0.05, 0.1) is 15.7 Å². The fourth-order valence-electron chi connectivity index (χ4n) is 2.67. The first-order chi connectivity index (χ1) is 11.9. The Morgan fingerprint density at radius 3 is 2.36 bits per heavy atom. The summed E-state index contributed by atoms with van der Waals surface area (Å²) >= 11 is 12.1. The van der Waals surface area contributed by atoms with Crippen LogP contribution in [0.25, 0.3) is 0 Å². The lowest BCUT2D eigenvalue weighted by molar-refractivity contribution is 0.102. The monoisotopic (exact) mass is 398 g/mol. The third-order valence-corrected chi connectivity index (χ3v) is 6.71. The van der Waals surface area contributed by atoms with Crippen LogP contribution in [0.2, 0.25) is 10.0 Å². The summed E-state index contributed by atoms with van der Waals surface area (Å²) in [6, 6.07) is 11.0. The molecule has 1 aliphatic rings. The molecule has 0 radical (unpaired) electrons. The smallest absolute Gasteiger partial charge is 0.255 e. The van der Waals surface area contributed by atoms with Crippen molar-refractivity contribution in [3.63, 3.8) is 0 Å². The fourth-order valence-corrected chi connectivity index (χ4v) is 4.87. The quantitative estimate of drug-likeness (QED) is 0.844. The third kappa shape index (κ3) is 3.82. The van der Waals surface area contributed by atoms with Crippen LogP contribution in [0.4, 0.5) is 5.69 Å². The van der Waals surface area contributed by atoms with Gasteiger partial charge in [-0.2, -0.15) is 4.31 Å². The molecule has 0 aliphatic carbocycles. The maximum Gasteiger partial charge on any atom is 0.255 e. The summed E-state index contributed by atoms with van der Waals surface area (Å²) in [5.74, 6) is -0.456. The number of hydrogen-bond donors (Lipinski definition) is 1. The maximum absolute atomic E-state index is 12.7. The van der Waals surface area contributed by atoms with Crippen molar-refractivity contribution in [3.05, 3.63) is 58.1 Å². The molecule has 1 N–H and O–H groups in total. The summed E-state index contributed by atoms with van der Waals surface area (Å²) in [7, 11) is -3.71. The molecule has 2 aromatic carbocycles. The molecular weight excluding hydrogens is 383 g/mol. The van der Waals surface area contributed by atoms with Crippen LogP contribution < -0.4 is 5.32 Å². The molecule has 1 aliphatic heterocycles. The van der Waals surface area contributed by atoms with Crippen molar-refractivity contribution in [1.29, 1.82) is 0 Å². The predicted molar refractivity (Wildman–Crippen MR) is 98.9 cm³/mol. The van der Waals surface area contributed by atoms with Crippen molar-refractivity contribution >= 4 is 44.8 Å². The van der Waals surface area contributed by atoms with Gasteiger partial charge in [0.25, 0.3) is 5.91 Å². The standard InChI is InChI=1S/C17H16Cl2N2O3S/c18-13-5-1-2-6-15(13)20-17(22)12-7-8-14(19)16(11-12)25(23,24)21-9-3-4-10-21/h1-2,5-8,11H,3-4,9-10H2,(H,20,22). The summed E-state index contributed by atoms with van der Waals surface area (Å²) in [5, 5.41) is 3.17. The highest BCUT2D eigenvalue weighted by molar-refractivity contribution is 7.89. The molecule has 0 saturated carbocycles. The summed E-state index contributed by atoms with van der Waals surface area (Å²) in [5.41, 5.74) is 0.648. The molecule has 0 atom stereocenters. The molecular formula is C17H16Cl2N2O3S. The topological polar surface area (TPSA) is 66.5 Å². The number of benzene rings is 2. The Hall–Kier alpha value is -1.60. The van der Waals surface area contributed by atoms with E-state index in [-0.39, 0.29) is 15.5 Å². The fraction of sp³-hybridized carbons (Fsp3) is 0.235. The van der Waals surface area contributed by atoms with Gasteiger partial charge >= 0.3 is 0 Å². The van der Waals surface area contributed by atoms with Crippen LogP contribution in [0, 0.1) is 0 Å². The maximum atomic E-state index is 12.7. The molecule has 1 heterocycles. The van der Waals surface area contributed by atoms with Crippen LogP contribution in [0.5, 0.6) is 0 Å². The van der Waals surface area contributed by atoms with Gasteiger partial charge in [0.1, 0.15) is 4.90 Å². The average molecular weight is 399 g/mol. The van der Waals surface area contributed by atoms with E-state index in [9.17, 15) is 13.2 Å². The van der Waals surface area contributed by atoms with Crippen LogP contribution in [0.1, 0.15) is 23.2 Å². The molecule has 3 rings (SSSR count). The Labute approximate surface area is 156 Å². The lowest BCUT2D eigenvalue weighted by Crippen LogP contribution is -2.28. The molecule has 25 heavy (non-hydrogen) atoms. The highest BCUT2D eigenvalue weighted by Crippen LogP contribution is 2.29. The second kappa shape index (κ2) is 7.33. The van der Waals surface area contributed by atoms with Crippen molar-refractivity contribution in [3.8, 4) is 0 Å². The molecule has 5 nitrogen and oxygen atoms in total. The number of nitrogens with zero attached hydrogens (tertiary/aromatic N) is 1. The molecule has 0 spiro atoms. The largest absolute Gasteiger partial charge is 0.321 e. The van der Waals surface area contributed by atoms with Crippen molar-refractivity contribution in [2.75, 3.05) is 18.4 Å². The van der Waals surface area contributed by atoms with Gasteiger partial charge in [-0.05, 0) is 43.2 Å². The van der Waals surface area contributed by atoms with Crippen molar-refractivity contribution in [1.82, 2.24) is 4.31 Å². The molecule has 1 saturated heterocycles. The number of amides is 1. The van der Waals surface area contributed by atoms with E-state index in [4.69, 9.17) is 23.2 Å². The normalized spacial score (nSPS) is 15.3. The van der Waals surface area contributed by atoms with Gasteiger partial charge in [0, 0.05) is 18.7 Å². The Morgan fingerprint density at radius 2 is 1.68 bits per heavy atom. The first-order valence-corrected chi connectivity index (χ1v) is 9.95. The first-order valence-electron chi connectivity index (χ1n) is 7.75. The number of carbonyl (C=O) groups excluding carboxylic acids is 1. The van der Waals surface area contributed by atoms with E-state index in [1.807, 2.05) is 0 Å². The Morgan fingerprint density at radius 1 is 1.00 bits per heavy atom. The summed E-state index contributed by atoms with van der Waals surface area (Å²) in [6.45, 7) is 0.934. The van der Waals surface area contributed by atoms with Crippen LogP contribution in [0.3, 0.4) is 0 Å². The van der Waals surface area contributed by atoms with Crippen LogP contribution in [-0.4, -0.2) is 31.7 Å². The molecule has 1 fully saturated rings. The molecule has 0 unspecified atom stereocenters. The highest BCUT2D eigenvalue weighted by Gasteiger charge is 2.29. The van der Waals surface area contributed by atoms with E-state index in [1.165, 1.54) is 22.5 Å². The molecule has 2 aromatic rings.